The molecule has 0 aromatic rings. The predicted octanol–water partition coefficient (Wildman–Crippen LogP) is 2.52. The first-order valence-corrected chi connectivity index (χ1v) is 9.00. The van der Waals surface area contributed by atoms with Crippen molar-refractivity contribution in [2.24, 2.45) is 5.92 Å². The lowest BCUT2D eigenvalue weighted by Crippen LogP contribution is -2.47. The second-order valence-electron chi connectivity index (χ2n) is 6.69. The summed E-state index contributed by atoms with van der Waals surface area (Å²) in [7, 11) is 0. The molecule has 2 fully saturated rings. The van der Waals surface area contributed by atoms with Crippen molar-refractivity contribution in [2.45, 2.75) is 51.9 Å². The highest BCUT2D eigenvalue weighted by Crippen LogP contribution is 2.24. The van der Waals surface area contributed by atoms with Gasteiger partial charge in [-0.3, -0.25) is 4.79 Å². The van der Waals surface area contributed by atoms with Crippen LogP contribution in [-0.2, 0) is 4.79 Å². The zero-order valence-electron chi connectivity index (χ0n) is 14.2. The number of piperazine rings is 1. The monoisotopic (exact) mass is 331 g/mol. The van der Waals surface area contributed by atoms with Gasteiger partial charge in [-0.2, -0.15) is 0 Å². The van der Waals surface area contributed by atoms with E-state index >= 15 is 0 Å². The van der Waals surface area contributed by atoms with Gasteiger partial charge in [0.1, 0.15) is 0 Å². The SMILES string of the molecule is CCCN(CCC(=O)N1CCNCC1)CC1CCCCC1.Cl. The third kappa shape index (κ3) is 6.84. The molecule has 0 unspecified atom stereocenters. The highest BCUT2D eigenvalue weighted by molar-refractivity contribution is 5.85. The van der Waals surface area contributed by atoms with Gasteiger partial charge >= 0.3 is 0 Å². The summed E-state index contributed by atoms with van der Waals surface area (Å²) in [5.41, 5.74) is 0. The number of nitrogens with one attached hydrogen (secondary N) is 1. The van der Waals surface area contributed by atoms with Crippen LogP contribution in [0.2, 0.25) is 0 Å². The summed E-state index contributed by atoms with van der Waals surface area (Å²) >= 11 is 0. The largest absolute Gasteiger partial charge is 0.340 e. The molecule has 2 aliphatic rings. The van der Waals surface area contributed by atoms with Crippen LogP contribution in [0.15, 0.2) is 0 Å². The van der Waals surface area contributed by atoms with Crippen molar-refractivity contribution in [3.8, 4) is 0 Å². The number of rotatable bonds is 7. The summed E-state index contributed by atoms with van der Waals surface area (Å²) in [5, 5.41) is 3.30. The fraction of sp³-hybridized carbons (Fsp3) is 0.941. The van der Waals surface area contributed by atoms with Gasteiger partial charge in [-0.1, -0.05) is 26.2 Å². The average molecular weight is 332 g/mol. The molecule has 0 bridgehead atoms. The van der Waals surface area contributed by atoms with E-state index in [1.165, 1.54) is 45.1 Å². The summed E-state index contributed by atoms with van der Waals surface area (Å²) < 4.78 is 0. The molecule has 1 aliphatic heterocycles. The number of nitrogens with zero attached hydrogens (tertiary/aromatic N) is 2. The van der Waals surface area contributed by atoms with E-state index in [4.69, 9.17) is 0 Å². The molecule has 5 heteroatoms. The summed E-state index contributed by atoms with van der Waals surface area (Å²) in [6, 6.07) is 0. The molecule has 1 N–H and O–H groups in total. The zero-order chi connectivity index (χ0) is 14.9. The van der Waals surface area contributed by atoms with Crippen molar-refractivity contribution in [1.29, 1.82) is 0 Å². The molecule has 1 amide bonds. The summed E-state index contributed by atoms with van der Waals surface area (Å²) in [5.74, 6) is 1.22. The molecular weight excluding hydrogens is 298 g/mol. The highest BCUT2D eigenvalue weighted by Gasteiger charge is 2.20. The zero-order valence-corrected chi connectivity index (χ0v) is 15.0. The van der Waals surface area contributed by atoms with Gasteiger partial charge in [0.05, 0.1) is 0 Å². The van der Waals surface area contributed by atoms with Crippen LogP contribution < -0.4 is 5.32 Å². The van der Waals surface area contributed by atoms with Crippen LogP contribution in [0.25, 0.3) is 0 Å². The molecule has 1 saturated carbocycles. The van der Waals surface area contributed by atoms with Gasteiger partial charge in [0, 0.05) is 45.7 Å². The van der Waals surface area contributed by atoms with Crippen LogP contribution in [0.1, 0.15) is 51.9 Å². The quantitative estimate of drug-likeness (QED) is 0.778. The minimum absolute atomic E-state index is 0. The van der Waals surface area contributed by atoms with Crippen LogP contribution in [0, 0.1) is 5.92 Å². The summed E-state index contributed by atoms with van der Waals surface area (Å²) in [4.78, 5) is 16.8. The first-order chi connectivity index (χ1) is 10.3. The lowest BCUT2D eigenvalue weighted by Gasteiger charge is -2.31. The van der Waals surface area contributed by atoms with E-state index in [2.05, 4.69) is 17.1 Å². The van der Waals surface area contributed by atoms with Crippen molar-refractivity contribution in [3.05, 3.63) is 0 Å². The Bertz CT molecular complexity index is 302. The smallest absolute Gasteiger partial charge is 0.223 e. The van der Waals surface area contributed by atoms with E-state index in [1.807, 2.05) is 4.90 Å². The molecule has 0 atom stereocenters. The molecule has 0 aromatic carbocycles. The molecule has 1 heterocycles. The second kappa shape index (κ2) is 11.3. The van der Waals surface area contributed by atoms with E-state index in [1.54, 1.807) is 0 Å². The second-order valence-corrected chi connectivity index (χ2v) is 6.69. The topological polar surface area (TPSA) is 35.6 Å². The van der Waals surface area contributed by atoms with Gasteiger partial charge in [0.2, 0.25) is 5.91 Å². The number of hydrogen-bond acceptors (Lipinski definition) is 3. The average Bonchev–Trinajstić information content (AvgIpc) is 2.54. The van der Waals surface area contributed by atoms with Crippen molar-refractivity contribution < 1.29 is 4.79 Å². The highest BCUT2D eigenvalue weighted by atomic mass is 35.5. The van der Waals surface area contributed by atoms with Gasteiger partial charge < -0.3 is 15.1 Å². The lowest BCUT2D eigenvalue weighted by molar-refractivity contribution is -0.132. The Morgan fingerprint density at radius 3 is 2.45 bits per heavy atom. The third-order valence-electron chi connectivity index (χ3n) is 4.89. The Morgan fingerprint density at radius 2 is 1.82 bits per heavy atom. The van der Waals surface area contributed by atoms with Crippen LogP contribution in [0.3, 0.4) is 0 Å². The number of amides is 1. The van der Waals surface area contributed by atoms with Gasteiger partial charge in [0.15, 0.2) is 0 Å². The van der Waals surface area contributed by atoms with E-state index < -0.39 is 0 Å². The minimum atomic E-state index is 0. The Morgan fingerprint density at radius 1 is 1.14 bits per heavy atom. The molecule has 1 aliphatic carbocycles. The van der Waals surface area contributed by atoms with E-state index in [9.17, 15) is 4.79 Å². The maximum atomic E-state index is 12.3. The van der Waals surface area contributed by atoms with Crippen LogP contribution in [0.4, 0.5) is 0 Å². The van der Waals surface area contributed by atoms with Gasteiger partial charge in [-0.15, -0.1) is 12.4 Å². The number of hydrogen-bond donors (Lipinski definition) is 1. The molecule has 0 spiro atoms. The van der Waals surface area contributed by atoms with Gasteiger partial charge in [-0.05, 0) is 31.7 Å². The Balaban J connectivity index is 0.00000242. The maximum absolute atomic E-state index is 12.3. The van der Waals surface area contributed by atoms with Crippen LogP contribution in [-0.4, -0.2) is 61.5 Å². The van der Waals surface area contributed by atoms with Crippen molar-refractivity contribution in [2.75, 3.05) is 45.8 Å². The molecule has 0 aromatic heterocycles. The predicted molar refractivity (Wildman–Crippen MR) is 94.6 cm³/mol. The van der Waals surface area contributed by atoms with Crippen molar-refractivity contribution in [3.63, 3.8) is 0 Å². The third-order valence-corrected chi connectivity index (χ3v) is 4.89. The van der Waals surface area contributed by atoms with Crippen LogP contribution in [0.5, 0.6) is 0 Å². The molecule has 1 saturated heterocycles. The Hall–Kier alpha value is -0.320. The molecular formula is C17H34ClN3O. The van der Waals surface area contributed by atoms with Crippen molar-refractivity contribution >= 4 is 18.3 Å². The van der Waals surface area contributed by atoms with Crippen LogP contribution >= 0.6 is 12.4 Å². The normalized spacial score (nSPS) is 20.0. The number of carbonyl (C=O) groups is 1. The number of carbonyl (C=O) groups excluding carboxylic acids is 1. The Labute approximate surface area is 142 Å². The van der Waals surface area contributed by atoms with E-state index in [0.29, 0.717) is 12.3 Å². The summed E-state index contributed by atoms with van der Waals surface area (Å²) in [6.45, 7) is 9.22. The standard InChI is InChI=1S/C17H33N3O.ClH/c1-2-11-19(15-16-6-4-3-5-7-16)12-8-17(21)20-13-9-18-10-14-20;/h16,18H,2-15H2,1H3;1H. The fourth-order valence-electron chi connectivity index (χ4n) is 3.67. The van der Waals surface area contributed by atoms with E-state index in [-0.39, 0.29) is 12.4 Å². The first kappa shape index (κ1) is 19.7. The van der Waals surface area contributed by atoms with Gasteiger partial charge in [0.25, 0.3) is 0 Å². The summed E-state index contributed by atoms with van der Waals surface area (Å²) in [6.07, 6.45) is 8.92. The number of halogens is 1. The van der Waals surface area contributed by atoms with E-state index in [0.717, 1.165) is 45.2 Å². The molecule has 4 nitrogen and oxygen atoms in total. The maximum Gasteiger partial charge on any atom is 0.223 e. The Kier molecular flexibility index (Phi) is 10.1. The molecule has 22 heavy (non-hydrogen) atoms. The molecule has 2 rings (SSSR count). The fourth-order valence-corrected chi connectivity index (χ4v) is 3.67. The van der Waals surface area contributed by atoms with Crippen molar-refractivity contribution in [1.82, 2.24) is 15.1 Å². The lowest BCUT2D eigenvalue weighted by atomic mass is 9.89. The minimum Gasteiger partial charge on any atom is -0.340 e. The van der Waals surface area contributed by atoms with Gasteiger partial charge in [-0.25, -0.2) is 0 Å². The molecule has 0 radical (unpaired) electrons. The first-order valence-electron chi connectivity index (χ1n) is 9.00. The molecule has 130 valence electrons.